The van der Waals surface area contributed by atoms with Crippen LogP contribution in [0.2, 0.25) is 0 Å². The first kappa shape index (κ1) is 16.4. The van der Waals surface area contributed by atoms with Crippen LogP contribution in [0.25, 0.3) is 0 Å². The molecule has 4 nitrogen and oxygen atoms in total. The van der Waals surface area contributed by atoms with Crippen LogP contribution in [0.5, 0.6) is 0 Å². The minimum Gasteiger partial charge on any atom is -0.329 e. The molecule has 0 spiro atoms. The Morgan fingerprint density at radius 1 is 1.18 bits per heavy atom. The average Bonchev–Trinajstić information content (AvgIpc) is 2.24. The largest absolute Gasteiger partial charge is 0.329 e. The van der Waals surface area contributed by atoms with E-state index in [-0.39, 0.29) is 12.4 Å². The fraction of sp³-hybridized carbons (Fsp3) is 0.455. The fourth-order valence-electron chi connectivity index (χ4n) is 1.49. The number of halogens is 1. The molecule has 1 aromatic rings. The van der Waals surface area contributed by atoms with Crippen LogP contribution in [-0.4, -0.2) is 38.6 Å². The summed E-state index contributed by atoms with van der Waals surface area (Å²) in [7, 11) is -3.14. The maximum atomic E-state index is 11.4. The Morgan fingerprint density at radius 3 is 2.24 bits per heavy atom. The average molecular weight is 279 g/mol. The highest BCUT2D eigenvalue weighted by molar-refractivity contribution is 7.88. The molecule has 0 aliphatic rings. The summed E-state index contributed by atoms with van der Waals surface area (Å²) in [5.74, 6) is 0. The molecule has 0 atom stereocenters. The number of hydrogen-bond acceptors (Lipinski definition) is 3. The molecule has 1 aromatic carbocycles. The second-order valence-electron chi connectivity index (χ2n) is 3.69. The number of hydrogen-bond donors (Lipinski definition) is 1. The lowest BCUT2D eigenvalue weighted by atomic mass is 10.1. The van der Waals surface area contributed by atoms with Crippen LogP contribution >= 0.6 is 12.4 Å². The zero-order valence-electron chi connectivity index (χ0n) is 9.87. The van der Waals surface area contributed by atoms with Crippen molar-refractivity contribution in [2.75, 3.05) is 25.9 Å². The Hall–Kier alpha value is -0.620. The zero-order valence-corrected chi connectivity index (χ0v) is 11.5. The molecular formula is C11H19ClN2O2S. The zero-order chi connectivity index (χ0) is 12.0. The van der Waals surface area contributed by atoms with Gasteiger partial charge in [-0.2, -0.15) is 0 Å². The molecule has 1 rings (SSSR count). The summed E-state index contributed by atoms with van der Waals surface area (Å²) in [4.78, 5) is 0. The highest BCUT2D eigenvalue weighted by atomic mass is 35.5. The molecule has 0 heterocycles. The van der Waals surface area contributed by atoms with Crippen molar-refractivity contribution >= 4 is 22.4 Å². The van der Waals surface area contributed by atoms with Crippen LogP contribution in [0.3, 0.4) is 0 Å². The molecule has 2 N–H and O–H groups in total. The van der Waals surface area contributed by atoms with Crippen LogP contribution in [-0.2, 0) is 16.4 Å². The maximum Gasteiger partial charge on any atom is 0.211 e. The molecule has 98 valence electrons. The van der Waals surface area contributed by atoms with Crippen molar-refractivity contribution in [2.24, 2.45) is 5.73 Å². The summed E-state index contributed by atoms with van der Waals surface area (Å²) in [5, 5.41) is 0. The van der Waals surface area contributed by atoms with Gasteiger partial charge in [0.2, 0.25) is 10.0 Å². The van der Waals surface area contributed by atoms with E-state index in [9.17, 15) is 8.42 Å². The normalized spacial score (nSPS) is 11.2. The molecule has 17 heavy (non-hydrogen) atoms. The predicted molar refractivity (Wildman–Crippen MR) is 72.9 cm³/mol. The van der Waals surface area contributed by atoms with E-state index in [1.54, 1.807) is 0 Å². The van der Waals surface area contributed by atoms with E-state index < -0.39 is 10.0 Å². The molecule has 0 radical (unpaired) electrons. The van der Waals surface area contributed by atoms with E-state index in [1.165, 1.54) is 10.6 Å². The van der Waals surface area contributed by atoms with Crippen molar-refractivity contribution in [3.8, 4) is 0 Å². The smallest absolute Gasteiger partial charge is 0.211 e. The monoisotopic (exact) mass is 278 g/mol. The van der Waals surface area contributed by atoms with Gasteiger partial charge in [0, 0.05) is 19.6 Å². The summed E-state index contributed by atoms with van der Waals surface area (Å²) >= 11 is 0. The van der Waals surface area contributed by atoms with Gasteiger partial charge in [-0.3, -0.25) is 0 Å². The van der Waals surface area contributed by atoms with Gasteiger partial charge in [0.25, 0.3) is 0 Å². The molecule has 0 saturated heterocycles. The second kappa shape index (κ2) is 7.66. The SMILES string of the molecule is CS(=O)(=O)N(CCN)CCc1ccccc1.Cl. The lowest BCUT2D eigenvalue weighted by Gasteiger charge is -2.18. The van der Waals surface area contributed by atoms with Crippen LogP contribution in [0.1, 0.15) is 5.56 Å². The van der Waals surface area contributed by atoms with Gasteiger partial charge in [-0.1, -0.05) is 30.3 Å². The Morgan fingerprint density at radius 2 is 1.76 bits per heavy atom. The van der Waals surface area contributed by atoms with Crippen LogP contribution in [0.4, 0.5) is 0 Å². The highest BCUT2D eigenvalue weighted by Crippen LogP contribution is 2.03. The van der Waals surface area contributed by atoms with E-state index >= 15 is 0 Å². The number of nitrogens with zero attached hydrogens (tertiary/aromatic N) is 1. The van der Waals surface area contributed by atoms with Gasteiger partial charge in [-0.25, -0.2) is 12.7 Å². The van der Waals surface area contributed by atoms with Gasteiger partial charge in [0.05, 0.1) is 6.26 Å². The van der Waals surface area contributed by atoms with Gasteiger partial charge in [-0.05, 0) is 12.0 Å². The lowest BCUT2D eigenvalue weighted by Crippen LogP contribution is -2.36. The third kappa shape index (κ3) is 6.02. The topological polar surface area (TPSA) is 63.4 Å². The van der Waals surface area contributed by atoms with Crippen LogP contribution in [0, 0.1) is 0 Å². The van der Waals surface area contributed by atoms with Gasteiger partial charge in [0.1, 0.15) is 0 Å². The molecule has 0 unspecified atom stereocenters. The first-order chi connectivity index (χ1) is 7.54. The van der Waals surface area contributed by atoms with Crippen LogP contribution in [0.15, 0.2) is 30.3 Å². The van der Waals surface area contributed by atoms with Crippen molar-refractivity contribution in [3.05, 3.63) is 35.9 Å². The predicted octanol–water partition coefficient (Wildman–Crippen LogP) is 0.871. The lowest BCUT2D eigenvalue weighted by molar-refractivity contribution is 0.426. The number of sulfonamides is 1. The minimum atomic E-state index is -3.14. The van der Waals surface area contributed by atoms with Crippen molar-refractivity contribution in [3.63, 3.8) is 0 Å². The Balaban J connectivity index is 0.00000256. The summed E-state index contributed by atoms with van der Waals surface area (Å²) in [6, 6.07) is 9.82. The van der Waals surface area contributed by atoms with Crippen LogP contribution < -0.4 is 5.73 Å². The summed E-state index contributed by atoms with van der Waals surface area (Å²) in [6.07, 6.45) is 1.93. The van der Waals surface area contributed by atoms with E-state index in [0.29, 0.717) is 26.1 Å². The quantitative estimate of drug-likeness (QED) is 0.840. The van der Waals surface area contributed by atoms with Gasteiger partial charge in [-0.15, -0.1) is 12.4 Å². The minimum absolute atomic E-state index is 0. The second-order valence-corrected chi connectivity index (χ2v) is 5.67. The molecule has 0 aromatic heterocycles. The molecular weight excluding hydrogens is 260 g/mol. The van der Waals surface area contributed by atoms with Crippen molar-refractivity contribution in [1.82, 2.24) is 4.31 Å². The van der Waals surface area contributed by atoms with Gasteiger partial charge >= 0.3 is 0 Å². The summed E-state index contributed by atoms with van der Waals surface area (Å²) in [6.45, 7) is 1.22. The number of nitrogens with two attached hydrogens (primary N) is 1. The van der Waals surface area contributed by atoms with E-state index in [4.69, 9.17) is 5.73 Å². The van der Waals surface area contributed by atoms with Gasteiger partial charge in [0.15, 0.2) is 0 Å². The van der Waals surface area contributed by atoms with Crippen molar-refractivity contribution in [1.29, 1.82) is 0 Å². The summed E-state index contributed by atoms with van der Waals surface area (Å²) < 4.78 is 24.2. The number of benzene rings is 1. The molecule has 0 saturated carbocycles. The summed E-state index contributed by atoms with van der Waals surface area (Å²) in [5.41, 5.74) is 6.52. The maximum absolute atomic E-state index is 11.4. The third-order valence-electron chi connectivity index (χ3n) is 2.34. The van der Waals surface area contributed by atoms with Crippen molar-refractivity contribution in [2.45, 2.75) is 6.42 Å². The molecule has 6 heteroatoms. The van der Waals surface area contributed by atoms with E-state index in [2.05, 4.69) is 0 Å². The standard InChI is InChI=1S/C11H18N2O2S.ClH/c1-16(14,15)13(10-8-12)9-7-11-5-3-2-4-6-11;/h2-6H,7-10,12H2,1H3;1H. The fourth-order valence-corrected chi connectivity index (χ4v) is 2.35. The van der Waals surface area contributed by atoms with Crippen molar-refractivity contribution < 1.29 is 8.42 Å². The Labute approximate surface area is 109 Å². The Bertz CT molecular complexity index is 409. The third-order valence-corrected chi connectivity index (χ3v) is 3.64. The molecule has 0 aliphatic heterocycles. The van der Waals surface area contributed by atoms with Gasteiger partial charge < -0.3 is 5.73 Å². The molecule has 0 fully saturated rings. The molecule has 0 amide bonds. The molecule has 0 aliphatic carbocycles. The Kier molecular flexibility index (Phi) is 7.38. The first-order valence-electron chi connectivity index (χ1n) is 5.23. The number of rotatable bonds is 6. The molecule has 0 bridgehead atoms. The first-order valence-corrected chi connectivity index (χ1v) is 7.08. The van der Waals surface area contributed by atoms with E-state index in [0.717, 1.165) is 5.56 Å². The van der Waals surface area contributed by atoms with E-state index in [1.807, 2.05) is 30.3 Å². The highest BCUT2D eigenvalue weighted by Gasteiger charge is 2.14.